The predicted molar refractivity (Wildman–Crippen MR) is 88.1 cm³/mol. The number of halogens is 3. The minimum Gasteiger partial charge on any atom is -0.384 e. The van der Waals surface area contributed by atoms with Crippen LogP contribution in [0.25, 0.3) is 0 Å². The van der Waals surface area contributed by atoms with Gasteiger partial charge in [-0.05, 0) is 42.7 Å². The van der Waals surface area contributed by atoms with Crippen molar-refractivity contribution in [3.05, 3.63) is 52.0 Å². The number of hydrogen-bond acceptors (Lipinski definition) is 3. The Bertz CT molecular complexity index is 852. The summed E-state index contributed by atoms with van der Waals surface area (Å²) < 4.78 is 54.6. The van der Waals surface area contributed by atoms with Gasteiger partial charge in [-0.15, -0.1) is 0 Å². The van der Waals surface area contributed by atoms with E-state index in [0.717, 1.165) is 30.5 Å². The van der Waals surface area contributed by atoms with Crippen LogP contribution in [0.3, 0.4) is 0 Å². The van der Waals surface area contributed by atoms with E-state index in [1.807, 2.05) is 6.07 Å². The number of nitrogens with one attached hydrogen (secondary N) is 2. The molecule has 0 spiro atoms. The van der Waals surface area contributed by atoms with Crippen molar-refractivity contribution in [3.8, 4) is 0 Å². The molecule has 23 heavy (non-hydrogen) atoms. The molecule has 0 radical (unpaired) electrons. The average molecular weight is 403 g/mol. The summed E-state index contributed by atoms with van der Waals surface area (Å²) in [7, 11) is -3.99. The molecule has 8 heteroatoms. The highest BCUT2D eigenvalue weighted by Crippen LogP contribution is 2.34. The Morgan fingerprint density at radius 2 is 1.78 bits per heavy atom. The summed E-state index contributed by atoms with van der Waals surface area (Å²) in [6, 6.07) is 5.87. The van der Waals surface area contributed by atoms with Gasteiger partial charge < -0.3 is 5.32 Å². The quantitative estimate of drug-likeness (QED) is 0.818. The number of hydrogen-bond donors (Lipinski definition) is 2. The van der Waals surface area contributed by atoms with E-state index in [-0.39, 0.29) is 10.6 Å². The summed E-state index contributed by atoms with van der Waals surface area (Å²) in [4.78, 5) is 0.0474. The van der Waals surface area contributed by atoms with Crippen LogP contribution in [0.4, 0.5) is 20.2 Å². The number of fused-ring (bicyclic) bond motifs is 1. The first kappa shape index (κ1) is 16.2. The second-order valence-electron chi connectivity index (χ2n) is 5.23. The van der Waals surface area contributed by atoms with Gasteiger partial charge in [0, 0.05) is 17.1 Å². The first-order valence-corrected chi connectivity index (χ1v) is 9.18. The van der Waals surface area contributed by atoms with E-state index in [2.05, 4.69) is 26.0 Å². The number of aryl methyl sites for hydroxylation is 1. The number of rotatable bonds is 3. The van der Waals surface area contributed by atoms with E-state index >= 15 is 0 Å². The van der Waals surface area contributed by atoms with Crippen molar-refractivity contribution in [1.29, 1.82) is 0 Å². The van der Waals surface area contributed by atoms with Crippen LogP contribution >= 0.6 is 15.9 Å². The summed E-state index contributed by atoms with van der Waals surface area (Å²) in [6.45, 7) is 0.672. The molecular formula is C15H13BrF2N2O2S. The molecule has 2 aromatic rings. The Morgan fingerprint density at radius 1 is 1.09 bits per heavy atom. The van der Waals surface area contributed by atoms with Gasteiger partial charge in [0.25, 0.3) is 10.0 Å². The Labute approximate surface area is 141 Å². The van der Waals surface area contributed by atoms with E-state index in [1.54, 1.807) is 0 Å². The molecule has 4 nitrogen and oxygen atoms in total. The van der Waals surface area contributed by atoms with Crippen LogP contribution < -0.4 is 10.0 Å². The van der Waals surface area contributed by atoms with Gasteiger partial charge in [-0.3, -0.25) is 4.72 Å². The van der Waals surface area contributed by atoms with Crippen molar-refractivity contribution >= 4 is 37.3 Å². The highest BCUT2D eigenvalue weighted by molar-refractivity contribution is 9.10. The van der Waals surface area contributed by atoms with Crippen molar-refractivity contribution in [2.24, 2.45) is 0 Å². The van der Waals surface area contributed by atoms with Crippen molar-refractivity contribution in [2.45, 2.75) is 17.7 Å². The van der Waals surface area contributed by atoms with Gasteiger partial charge >= 0.3 is 0 Å². The summed E-state index contributed by atoms with van der Waals surface area (Å²) in [5.41, 5.74) is 1.26. The molecule has 0 unspecified atom stereocenters. The molecule has 0 bridgehead atoms. The Kier molecular flexibility index (Phi) is 4.29. The molecule has 1 aliphatic heterocycles. The zero-order chi connectivity index (χ0) is 16.6. The lowest BCUT2D eigenvalue weighted by Gasteiger charge is -2.22. The van der Waals surface area contributed by atoms with E-state index in [4.69, 9.17) is 0 Å². The van der Waals surface area contributed by atoms with E-state index < -0.39 is 21.7 Å². The van der Waals surface area contributed by atoms with Crippen LogP contribution in [0.15, 0.2) is 39.7 Å². The maximum absolute atomic E-state index is 13.2. The fourth-order valence-electron chi connectivity index (χ4n) is 2.56. The SMILES string of the molecule is O=S(=O)(Nc1cc(F)cc(F)c1)c1cc(Br)cc2c1NCCC2. The smallest absolute Gasteiger partial charge is 0.264 e. The van der Waals surface area contributed by atoms with Crippen molar-refractivity contribution in [2.75, 3.05) is 16.6 Å². The molecular weight excluding hydrogens is 390 g/mol. The van der Waals surface area contributed by atoms with Crippen LogP contribution in [-0.4, -0.2) is 15.0 Å². The van der Waals surface area contributed by atoms with Crippen molar-refractivity contribution in [3.63, 3.8) is 0 Å². The Hall–Kier alpha value is -1.67. The molecule has 0 fully saturated rings. The molecule has 0 saturated carbocycles. The van der Waals surface area contributed by atoms with Gasteiger partial charge in [-0.25, -0.2) is 17.2 Å². The zero-order valence-corrected chi connectivity index (χ0v) is 14.3. The van der Waals surface area contributed by atoms with Crippen molar-refractivity contribution in [1.82, 2.24) is 0 Å². The predicted octanol–water partition coefficient (Wildman–Crippen LogP) is 3.89. The van der Waals surface area contributed by atoms with Gasteiger partial charge in [0.1, 0.15) is 16.5 Å². The van der Waals surface area contributed by atoms with Gasteiger partial charge in [0.2, 0.25) is 0 Å². The second-order valence-corrected chi connectivity index (χ2v) is 7.80. The first-order chi connectivity index (χ1) is 10.8. The van der Waals surface area contributed by atoms with Crippen LogP contribution in [0, 0.1) is 11.6 Å². The minimum atomic E-state index is -3.99. The van der Waals surface area contributed by atoms with E-state index in [9.17, 15) is 17.2 Å². The highest BCUT2D eigenvalue weighted by Gasteiger charge is 2.24. The summed E-state index contributed by atoms with van der Waals surface area (Å²) in [5.74, 6) is -1.70. The van der Waals surface area contributed by atoms with Gasteiger partial charge in [-0.1, -0.05) is 15.9 Å². The summed E-state index contributed by atoms with van der Waals surface area (Å²) >= 11 is 3.30. The highest BCUT2D eigenvalue weighted by atomic mass is 79.9. The fourth-order valence-corrected chi connectivity index (χ4v) is 4.51. The molecule has 3 rings (SSSR count). The van der Waals surface area contributed by atoms with Gasteiger partial charge in [0.15, 0.2) is 0 Å². The first-order valence-electron chi connectivity index (χ1n) is 6.90. The molecule has 2 N–H and O–H groups in total. The monoisotopic (exact) mass is 402 g/mol. The number of benzene rings is 2. The average Bonchev–Trinajstić information content (AvgIpc) is 2.44. The third-order valence-corrected chi connectivity index (χ3v) is 5.34. The number of sulfonamides is 1. The number of anilines is 2. The summed E-state index contributed by atoms with van der Waals surface area (Å²) in [5, 5.41) is 3.08. The Balaban J connectivity index is 2.04. The standard InChI is InChI=1S/C15H13BrF2N2O2S/c16-10-4-9-2-1-3-19-15(9)14(5-10)23(21,22)20-13-7-11(17)6-12(18)8-13/h4-8,19-20H,1-3H2. The van der Waals surface area contributed by atoms with Crippen LogP contribution in [0.5, 0.6) is 0 Å². The molecule has 0 aliphatic carbocycles. The van der Waals surface area contributed by atoms with Crippen LogP contribution in [0.2, 0.25) is 0 Å². The lowest BCUT2D eigenvalue weighted by molar-refractivity contribution is 0.584. The molecule has 122 valence electrons. The fraction of sp³-hybridized carbons (Fsp3) is 0.200. The summed E-state index contributed by atoms with van der Waals surface area (Å²) in [6.07, 6.45) is 1.67. The van der Waals surface area contributed by atoms with Crippen LogP contribution in [0.1, 0.15) is 12.0 Å². The lowest BCUT2D eigenvalue weighted by atomic mass is 10.0. The van der Waals surface area contributed by atoms with E-state index in [1.165, 1.54) is 6.07 Å². The molecule has 1 aliphatic rings. The molecule has 0 aromatic heterocycles. The van der Waals surface area contributed by atoms with Crippen molar-refractivity contribution < 1.29 is 17.2 Å². The maximum Gasteiger partial charge on any atom is 0.264 e. The molecule has 2 aromatic carbocycles. The topological polar surface area (TPSA) is 58.2 Å². The van der Waals surface area contributed by atoms with Gasteiger partial charge in [0.05, 0.1) is 11.4 Å². The molecule has 0 atom stereocenters. The third-order valence-electron chi connectivity index (χ3n) is 3.48. The van der Waals surface area contributed by atoms with Crippen LogP contribution in [-0.2, 0) is 16.4 Å². The Morgan fingerprint density at radius 3 is 2.48 bits per heavy atom. The zero-order valence-electron chi connectivity index (χ0n) is 11.9. The largest absolute Gasteiger partial charge is 0.384 e. The van der Waals surface area contributed by atoms with Gasteiger partial charge in [-0.2, -0.15) is 0 Å². The third kappa shape index (κ3) is 3.48. The second kappa shape index (κ2) is 6.09. The molecule has 0 saturated heterocycles. The van der Waals surface area contributed by atoms with E-state index in [0.29, 0.717) is 22.8 Å². The maximum atomic E-state index is 13.2. The molecule has 1 heterocycles. The lowest BCUT2D eigenvalue weighted by Crippen LogP contribution is -2.20. The molecule has 0 amide bonds. The normalized spacial score (nSPS) is 14.0. The minimum absolute atomic E-state index is 0.0474.